The Morgan fingerprint density at radius 3 is 2.71 bits per heavy atom. The highest BCUT2D eigenvalue weighted by molar-refractivity contribution is 9.10. The van der Waals surface area contributed by atoms with Gasteiger partial charge in [-0.05, 0) is 28.9 Å². The highest BCUT2D eigenvalue weighted by atomic mass is 79.9. The molecule has 0 spiro atoms. The maximum absolute atomic E-state index is 12.1. The molecule has 0 aliphatic heterocycles. The Morgan fingerprint density at radius 1 is 1.43 bits per heavy atom. The zero-order valence-electron chi connectivity index (χ0n) is 11.4. The van der Waals surface area contributed by atoms with Gasteiger partial charge in [0.1, 0.15) is 10.6 Å². The van der Waals surface area contributed by atoms with E-state index in [2.05, 4.69) is 21.2 Å². The first-order chi connectivity index (χ1) is 9.99. The van der Waals surface area contributed by atoms with E-state index in [1.54, 1.807) is 19.1 Å². The number of halogens is 1. The first-order valence-electron chi connectivity index (χ1n) is 6.14. The summed E-state index contributed by atoms with van der Waals surface area (Å²) in [5.41, 5.74) is 0.790. The van der Waals surface area contributed by atoms with Gasteiger partial charge < -0.3 is 10.1 Å². The molecule has 1 aromatic carbocycles. The van der Waals surface area contributed by atoms with E-state index in [-0.39, 0.29) is 12.5 Å². The topological polar surface area (TPSA) is 72.5 Å². The summed E-state index contributed by atoms with van der Waals surface area (Å²) in [4.78, 5) is 34.4. The maximum Gasteiger partial charge on any atom is 0.341 e. The van der Waals surface area contributed by atoms with E-state index in [0.717, 1.165) is 6.29 Å². The van der Waals surface area contributed by atoms with Crippen molar-refractivity contribution in [3.63, 3.8) is 0 Å². The number of benzene rings is 1. The molecule has 0 fully saturated rings. The van der Waals surface area contributed by atoms with Crippen LogP contribution >= 0.6 is 27.3 Å². The number of hydrogen-bond acceptors (Lipinski definition) is 5. The van der Waals surface area contributed by atoms with Crippen LogP contribution in [0.25, 0.3) is 10.1 Å². The van der Waals surface area contributed by atoms with Crippen LogP contribution in [0.2, 0.25) is 0 Å². The molecule has 1 aromatic heterocycles. The van der Waals surface area contributed by atoms with Gasteiger partial charge in [0.25, 0.3) is 0 Å². The summed E-state index contributed by atoms with van der Waals surface area (Å²) in [5, 5.41) is 3.69. The van der Waals surface area contributed by atoms with Gasteiger partial charge in [0.15, 0.2) is 6.29 Å². The lowest BCUT2D eigenvalue weighted by Crippen LogP contribution is -2.10. The monoisotopic (exact) mass is 369 g/mol. The summed E-state index contributed by atoms with van der Waals surface area (Å²) in [7, 11) is 0. The molecular weight excluding hydrogens is 358 g/mol. The number of esters is 1. The third kappa shape index (κ3) is 2.98. The largest absolute Gasteiger partial charge is 0.462 e. The van der Waals surface area contributed by atoms with E-state index in [9.17, 15) is 14.4 Å². The molecule has 110 valence electrons. The fourth-order valence-electron chi connectivity index (χ4n) is 1.89. The van der Waals surface area contributed by atoms with Crippen LogP contribution in [0, 0.1) is 0 Å². The number of hydrogen-bond donors (Lipinski definition) is 1. The lowest BCUT2D eigenvalue weighted by Gasteiger charge is -2.04. The van der Waals surface area contributed by atoms with E-state index in [1.807, 2.05) is 0 Å². The van der Waals surface area contributed by atoms with Crippen LogP contribution in [0.3, 0.4) is 0 Å². The molecule has 0 bridgehead atoms. The summed E-state index contributed by atoms with van der Waals surface area (Å²) in [6.07, 6.45) is 0.728. The van der Waals surface area contributed by atoms with Gasteiger partial charge in [0, 0.05) is 22.3 Å². The standard InChI is InChI=1S/C14H12BrNO4S/c1-3-20-14(19)10-9-5-4-8(6-17)11(15)12(9)21-13(10)16-7(2)18/h4-6H,3H2,1-2H3,(H,16,18). The third-order valence-corrected chi connectivity index (χ3v) is 4.98. The predicted molar refractivity (Wildman–Crippen MR) is 85.2 cm³/mol. The van der Waals surface area contributed by atoms with Gasteiger partial charge in [-0.3, -0.25) is 9.59 Å². The molecule has 0 aliphatic carbocycles. The molecule has 0 radical (unpaired) electrons. The second kappa shape index (κ2) is 6.36. The number of amides is 1. The Bertz CT molecular complexity index is 738. The average Bonchev–Trinajstić information content (AvgIpc) is 2.77. The molecule has 0 unspecified atom stereocenters. The van der Waals surface area contributed by atoms with Crippen molar-refractivity contribution < 1.29 is 19.1 Å². The van der Waals surface area contributed by atoms with E-state index < -0.39 is 5.97 Å². The minimum absolute atomic E-state index is 0.239. The first-order valence-corrected chi connectivity index (χ1v) is 7.75. The van der Waals surface area contributed by atoms with E-state index in [4.69, 9.17) is 4.74 Å². The Morgan fingerprint density at radius 2 is 2.14 bits per heavy atom. The van der Waals surface area contributed by atoms with Crippen molar-refractivity contribution in [3.05, 3.63) is 27.7 Å². The van der Waals surface area contributed by atoms with Crippen molar-refractivity contribution in [1.29, 1.82) is 0 Å². The summed E-state index contributed by atoms with van der Waals surface area (Å²) >= 11 is 4.58. The number of thiophene rings is 1. The van der Waals surface area contributed by atoms with Crippen molar-refractivity contribution >= 4 is 60.5 Å². The number of carbonyl (C=O) groups is 3. The summed E-state index contributed by atoms with van der Waals surface area (Å²) in [6.45, 7) is 3.32. The molecule has 1 N–H and O–H groups in total. The van der Waals surface area contributed by atoms with Gasteiger partial charge in [-0.1, -0.05) is 6.07 Å². The van der Waals surface area contributed by atoms with E-state index in [0.29, 0.717) is 30.7 Å². The molecular formula is C14H12BrNO4S. The fourth-order valence-corrected chi connectivity index (χ4v) is 3.75. The number of ether oxygens (including phenoxy) is 1. The number of anilines is 1. The number of fused-ring (bicyclic) bond motifs is 1. The van der Waals surface area contributed by atoms with Crippen LogP contribution < -0.4 is 5.32 Å². The Kier molecular flexibility index (Phi) is 4.74. The molecule has 2 aromatic rings. The SMILES string of the molecule is CCOC(=O)c1c(NC(C)=O)sc2c(Br)c(C=O)ccc12. The van der Waals surface area contributed by atoms with Crippen LogP contribution in [0.5, 0.6) is 0 Å². The maximum atomic E-state index is 12.1. The molecule has 0 aliphatic rings. The quantitative estimate of drug-likeness (QED) is 0.659. The van der Waals surface area contributed by atoms with Gasteiger partial charge in [-0.15, -0.1) is 11.3 Å². The lowest BCUT2D eigenvalue weighted by molar-refractivity contribution is -0.114. The molecule has 1 amide bonds. The van der Waals surface area contributed by atoms with Crippen LogP contribution in [-0.2, 0) is 9.53 Å². The van der Waals surface area contributed by atoms with Crippen LogP contribution in [0.15, 0.2) is 16.6 Å². The van der Waals surface area contributed by atoms with Gasteiger partial charge in [0.2, 0.25) is 5.91 Å². The molecule has 0 atom stereocenters. The highest BCUT2D eigenvalue weighted by Gasteiger charge is 2.23. The number of aldehydes is 1. The first kappa shape index (κ1) is 15.7. The van der Waals surface area contributed by atoms with Gasteiger partial charge >= 0.3 is 5.97 Å². The lowest BCUT2D eigenvalue weighted by atomic mass is 10.1. The minimum Gasteiger partial charge on any atom is -0.462 e. The molecule has 7 heteroatoms. The normalized spacial score (nSPS) is 10.4. The third-order valence-electron chi connectivity index (χ3n) is 2.72. The second-order valence-electron chi connectivity index (χ2n) is 4.17. The Hall–Kier alpha value is -1.73. The zero-order chi connectivity index (χ0) is 15.6. The fraction of sp³-hybridized carbons (Fsp3) is 0.214. The highest BCUT2D eigenvalue weighted by Crippen LogP contribution is 2.41. The van der Waals surface area contributed by atoms with Crippen molar-refractivity contribution in [2.75, 3.05) is 11.9 Å². The molecule has 0 saturated heterocycles. The van der Waals surface area contributed by atoms with E-state index in [1.165, 1.54) is 18.3 Å². The molecule has 2 rings (SSSR count). The van der Waals surface area contributed by atoms with Gasteiger partial charge in [-0.2, -0.15) is 0 Å². The average molecular weight is 370 g/mol. The second-order valence-corrected chi connectivity index (χ2v) is 5.98. The Balaban J connectivity index is 2.72. The zero-order valence-corrected chi connectivity index (χ0v) is 13.8. The number of rotatable bonds is 4. The van der Waals surface area contributed by atoms with Crippen molar-refractivity contribution in [2.45, 2.75) is 13.8 Å². The molecule has 0 saturated carbocycles. The van der Waals surface area contributed by atoms with Gasteiger partial charge in [-0.25, -0.2) is 4.79 Å². The number of nitrogens with one attached hydrogen (secondary N) is 1. The van der Waals surface area contributed by atoms with Crippen LogP contribution in [-0.4, -0.2) is 24.8 Å². The van der Waals surface area contributed by atoms with Gasteiger partial charge in [0.05, 0.1) is 11.3 Å². The van der Waals surface area contributed by atoms with Crippen molar-refractivity contribution in [1.82, 2.24) is 0 Å². The minimum atomic E-state index is -0.502. The molecule has 21 heavy (non-hydrogen) atoms. The van der Waals surface area contributed by atoms with Crippen LogP contribution in [0.4, 0.5) is 5.00 Å². The predicted octanol–water partition coefficient (Wildman–Crippen LogP) is 3.61. The van der Waals surface area contributed by atoms with E-state index >= 15 is 0 Å². The van der Waals surface area contributed by atoms with Crippen LogP contribution in [0.1, 0.15) is 34.6 Å². The smallest absolute Gasteiger partial charge is 0.341 e. The number of carbonyl (C=O) groups excluding carboxylic acids is 3. The Labute approximate surface area is 133 Å². The summed E-state index contributed by atoms with van der Waals surface area (Å²) in [6, 6.07) is 3.30. The van der Waals surface area contributed by atoms with Crippen molar-refractivity contribution in [3.8, 4) is 0 Å². The molecule has 5 nitrogen and oxygen atoms in total. The summed E-state index contributed by atoms with van der Waals surface area (Å²) in [5.74, 6) is -0.780. The molecule has 1 heterocycles. The van der Waals surface area contributed by atoms with Crippen molar-refractivity contribution in [2.24, 2.45) is 0 Å². The summed E-state index contributed by atoms with van der Waals surface area (Å²) < 4.78 is 6.36.